The number of hydrogen-bond donors (Lipinski definition) is 2. The number of nitrogens with one attached hydrogen (secondary N) is 2. The maximum atomic E-state index is 13.0. The Labute approximate surface area is 189 Å². The highest BCUT2D eigenvalue weighted by Gasteiger charge is 2.21. The molecule has 0 heterocycles. The Hall–Kier alpha value is -3.32. The van der Waals surface area contributed by atoms with Gasteiger partial charge in [-0.3, -0.25) is 9.52 Å². The molecule has 3 rings (SSSR count). The van der Waals surface area contributed by atoms with E-state index in [9.17, 15) is 13.2 Å². The summed E-state index contributed by atoms with van der Waals surface area (Å²) in [6, 6.07) is 19.1. The monoisotopic (exact) mass is 452 g/mol. The molecule has 1 amide bonds. The van der Waals surface area contributed by atoms with E-state index in [1.165, 1.54) is 6.07 Å². The summed E-state index contributed by atoms with van der Waals surface area (Å²) in [6.45, 7) is 7.92. The predicted octanol–water partition coefficient (Wildman–Crippen LogP) is 4.99. The van der Waals surface area contributed by atoms with Crippen molar-refractivity contribution in [1.82, 2.24) is 5.32 Å². The van der Waals surface area contributed by atoms with Crippen molar-refractivity contribution >= 4 is 21.6 Å². The van der Waals surface area contributed by atoms with Gasteiger partial charge in [0.25, 0.3) is 15.9 Å². The number of rotatable bonds is 8. The molecule has 7 heteroatoms. The highest BCUT2D eigenvalue weighted by atomic mass is 32.2. The van der Waals surface area contributed by atoms with E-state index in [0.717, 1.165) is 16.9 Å². The van der Waals surface area contributed by atoms with Crippen molar-refractivity contribution in [2.75, 3.05) is 11.3 Å². The molecule has 0 aromatic heterocycles. The molecule has 0 saturated heterocycles. The van der Waals surface area contributed by atoms with Crippen LogP contribution in [-0.2, 0) is 10.0 Å². The topological polar surface area (TPSA) is 84.5 Å². The molecule has 2 N–H and O–H groups in total. The zero-order valence-electron chi connectivity index (χ0n) is 18.7. The summed E-state index contributed by atoms with van der Waals surface area (Å²) in [6.07, 6.45) is 0. The van der Waals surface area contributed by atoms with Crippen molar-refractivity contribution in [2.24, 2.45) is 0 Å². The fraction of sp³-hybridized carbons (Fsp3) is 0.240. The third-order valence-electron chi connectivity index (χ3n) is 5.17. The molecular weight excluding hydrogens is 424 g/mol. The molecule has 6 nitrogen and oxygen atoms in total. The molecule has 0 bridgehead atoms. The van der Waals surface area contributed by atoms with Gasteiger partial charge in [-0.05, 0) is 74.7 Å². The summed E-state index contributed by atoms with van der Waals surface area (Å²) in [4.78, 5) is 12.9. The van der Waals surface area contributed by atoms with Crippen molar-refractivity contribution in [2.45, 2.75) is 38.6 Å². The second-order valence-electron chi connectivity index (χ2n) is 7.60. The van der Waals surface area contributed by atoms with Crippen LogP contribution in [0, 0.1) is 13.8 Å². The van der Waals surface area contributed by atoms with Gasteiger partial charge in [-0.1, -0.05) is 36.4 Å². The average molecular weight is 453 g/mol. The van der Waals surface area contributed by atoms with Crippen molar-refractivity contribution in [3.05, 3.63) is 89.0 Å². The second-order valence-corrected chi connectivity index (χ2v) is 9.25. The fourth-order valence-corrected chi connectivity index (χ4v) is 4.70. The van der Waals surface area contributed by atoms with E-state index < -0.39 is 10.0 Å². The third kappa shape index (κ3) is 5.48. The third-order valence-corrected chi connectivity index (χ3v) is 6.68. The first kappa shape index (κ1) is 23.3. The molecule has 0 radical (unpaired) electrons. The smallest absolute Gasteiger partial charge is 0.262 e. The predicted molar refractivity (Wildman–Crippen MR) is 127 cm³/mol. The van der Waals surface area contributed by atoms with Crippen LogP contribution >= 0.6 is 0 Å². The number of amides is 1. The molecule has 0 saturated carbocycles. The van der Waals surface area contributed by atoms with Crippen molar-refractivity contribution in [3.8, 4) is 5.75 Å². The molecule has 3 aromatic carbocycles. The number of hydrogen-bond acceptors (Lipinski definition) is 4. The summed E-state index contributed by atoms with van der Waals surface area (Å²) < 4.78 is 34.1. The number of carbonyl (C=O) groups is 1. The molecule has 0 fully saturated rings. The Morgan fingerprint density at radius 2 is 1.66 bits per heavy atom. The minimum absolute atomic E-state index is 0.0714. The minimum atomic E-state index is -3.86. The van der Waals surface area contributed by atoms with Crippen LogP contribution in [0.25, 0.3) is 0 Å². The van der Waals surface area contributed by atoms with Crippen LogP contribution in [0.5, 0.6) is 5.75 Å². The van der Waals surface area contributed by atoms with Gasteiger partial charge in [0, 0.05) is 5.56 Å². The van der Waals surface area contributed by atoms with Crippen LogP contribution in [0.2, 0.25) is 0 Å². The maximum absolute atomic E-state index is 13.0. The first-order chi connectivity index (χ1) is 15.2. The Bertz CT molecular complexity index is 1200. The number of aryl methyl sites for hydroxylation is 2. The SMILES string of the molecule is CCOc1ccc([C@H](C)NC(=O)c2ccc(C)c(S(=O)(=O)Nc3ccccc3C)c2)cc1. The zero-order valence-corrected chi connectivity index (χ0v) is 19.5. The van der Waals surface area contributed by atoms with Crippen LogP contribution in [0.15, 0.2) is 71.6 Å². The highest BCUT2D eigenvalue weighted by Crippen LogP contribution is 2.23. The van der Waals surface area contributed by atoms with Crippen LogP contribution in [-0.4, -0.2) is 20.9 Å². The summed E-state index contributed by atoms with van der Waals surface area (Å²) in [5.74, 6) is 0.419. The standard InChI is InChI=1S/C25H28N2O4S/c1-5-31-22-14-12-20(13-15-22)19(4)26-25(28)21-11-10-18(3)24(16-21)32(29,30)27-23-9-7-6-8-17(23)2/h6-16,19,27H,5H2,1-4H3,(H,26,28)/t19-/m0/s1. The highest BCUT2D eigenvalue weighted by molar-refractivity contribution is 7.92. The van der Waals surface area contributed by atoms with Gasteiger partial charge in [0.2, 0.25) is 0 Å². The second kappa shape index (κ2) is 9.87. The lowest BCUT2D eigenvalue weighted by atomic mass is 10.1. The van der Waals surface area contributed by atoms with E-state index in [1.54, 1.807) is 31.2 Å². The van der Waals surface area contributed by atoms with E-state index in [0.29, 0.717) is 17.9 Å². The summed E-state index contributed by atoms with van der Waals surface area (Å²) in [5.41, 5.74) is 3.07. The lowest BCUT2D eigenvalue weighted by molar-refractivity contribution is 0.0939. The van der Waals surface area contributed by atoms with Gasteiger partial charge in [-0.15, -0.1) is 0 Å². The number of carbonyl (C=O) groups excluding carboxylic acids is 1. The maximum Gasteiger partial charge on any atom is 0.262 e. The number of ether oxygens (including phenoxy) is 1. The molecule has 0 unspecified atom stereocenters. The van der Waals surface area contributed by atoms with Gasteiger partial charge >= 0.3 is 0 Å². The molecular formula is C25H28N2O4S. The molecule has 0 aliphatic heterocycles. The summed E-state index contributed by atoms with van der Waals surface area (Å²) in [7, 11) is -3.86. The summed E-state index contributed by atoms with van der Waals surface area (Å²) >= 11 is 0. The van der Waals surface area contributed by atoms with Crippen LogP contribution < -0.4 is 14.8 Å². The van der Waals surface area contributed by atoms with Gasteiger partial charge in [0.15, 0.2) is 0 Å². The van der Waals surface area contributed by atoms with Crippen molar-refractivity contribution < 1.29 is 17.9 Å². The van der Waals surface area contributed by atoms with Gasteiger partial charge in [0.1, 0.15) is 5.75 Å². The van der Waals surface area contributed by atoms with Crippen molar-refractivity contribution in [1.29, 1.82) is 0 Å². The molecule has 0 spiro atoms. The zero-order chi connectivity index (χ0) is 23.3. The van der Waals surface area contributed by atoms with E-state index >= 15 is 0 Å². The number of anilines is 1. The number of benzene rings is 3. The average Bonchev–Trinajstić information content (AvgIpc) is 2.76. The van der Waals surface area contributed by atoms with E-state index in [1.807, 2.05) is 57.2 Å². The Morgan fingerprint density at radius 1 is 0.969 bits per heavy atom. The van der Waals surface area contributed by atoms with Crippen LogP contribution in [0.4, 0.5) is 5.69 Å². The first-order valence-electron chi connectivity index (χ1n) is 10.4. The van der Waals surface area contributed by atoms with Crippen LogP contribution in [0.3, 0.4) is 0 Å². The van der Waals surface area contributed by atoms with Crippen LogP contribution in [0.1, 0.15) is 46.9 Å². The van der Waals surface area contributed by atoms with Gasteiger partial charge in [0.05, 0.1) is 23.2 Å². The molecule has 3 aromatic rings. The lowest BCUT2D eigenvalue weighted by Crippen LogP contribution is -2.27. The number of sulfonamides is 1. The molecule has 0 aliphatic carbocycles. The van der Waals surface area contributed by atoms with Gasteiger partial charge < -0.3 is 10.1 Å². The van der Waals surface area contributed by atoms with E-state index in [2.05, 4.69) is 10.0 Å². The molecule has 0 aliphatic rings. The molecule has 1 atom stereocenters. The molecule has 32 heavy (non-hydrogen) atoms. The Balaban J connectivity index is 1.79. The molecule has 168 valence electrons. The fourth-order valence-electron chi connectivity index (χ4n) is 3.30. The Kier molecular flexibility index (Phi) is 7.20. The summed E-state index contributed by atoms with van der Waals surface area (Å²) in [5, 5.41) is 2.93. The number of para-hydroxylation sites is 1. The first-order valence-corrected chi connectivity index (χ1v) is 11.9. The van der Waals surface area contributed by atoms with E-state index in [-0.39, 0.29) is 22.4 Å². The van der Waals surface area contributed by atoms with Crippen molar-refractivity contribution in [3.63, 3.8) is 0 Å². The van der Waals surface area contributed by atoms with E-state index in [4.69, 9.17) is 4.74 Å². The van der Waals surface area contributed by atoms with Gasteiger partial charge in [-0.2, -0.15) is 0 Å². The minimum Gasteiger partial charge on any atom is -0.494 e. The van der Waals surface area contributed by atoms with Gasteiger partial charge in [-0.25, -0.2) is 8.42 Å². The normalized spacial score (nSPS) is 12.1. The largest absolute Gasteiger partial charge is 0.494 e. The Morgan fingerprint density at radius 3 is 2.31 bits per heavy atom. The lowest BCUT2D eigenvalue weighted by Gasteiger charge is -2.16. The quantitative estimate of drug-likeness (QED) is 0.504.